The van der Waals surface area contributed by atoms with E-state index in [2.05, 4.69) is 12.6 Å². The summed E-state index contributed by atoms with van der Waals surface area (Å²) in [5.74, 6) is -2.50. The molecule has 2 aromatic rings. The van der Waals surface area contributed by atoms with Crippen molar-refractivity contribution < 1.29 is 48.3 Å². The Morgan fingerprint density at radius 1 is 0.977 bits per heavy atom. The molecular weight excluding hydrogens is 644 g/mol. The Kier molecular flexibility index (Phi) is 10.5. The van der Waals surface area contributed by atoms with E-state index < -0.39 is 61.9 Å². The van der Waals surface area contributed by atoms with E-state index in [1.165, 1.54) is 30.3 Å². The lowest BCUT2D eigenvalue weighted by Crippen LogP contribution is -2.59. The van der Waals surface area contributed by atoms with Crippen molar-refractivity contribution in [2.75, 3.05) is 43.4 Å². The largest absolute Gasteiger partial charge is 0.421 e. The molecule has 0 unspecified atom stereocenters. The molecule has 8 nitrogen and oxygen atoms in total. The highest BCUT2D eigenvalue weighted by atomic mass is 32.2. The predicted molar refractivity (Wildman–Crippen MR) is 152 cm³/mol. The first-order valence-corrected chi connectivity index (χ1v) is 16.5. The molecule has 0 bridgehead atoms. The summed E-state index contributed by atoms with van der Waals surface area (Å²) in [7, 11) is -9.06. The number of aliphatic hydroxyl groups is 1. The van der Waals surface area contributed by atoms with Gasteiger partial charge in [0.1, 0.15) is 0 Å². The molecule has 1 aliphatic rings. The molecule has 2 aromatic carbocycles. The van der Waals surface area contributed by atoms with Crippen LogP contribution in [-0.2, 0) is 25.6 Å². The Morgan fingerprint density at radius 2 is 1.56 bits per heavy atom. The number of benzene rings is 2. The zero-order valence-corrected chi connectivity index (χ0v) is 26.0. The standard InChI is InChI=1S/C26H33F6N3O5S3/c1-18(2)14-34(42(37,38)17-25(27,28)29)16-21-15-33(43(39,40)23-7-5-4-6-22(23)41)12-13-35(21)20-10-8-19(9-11-20)24(3,36)26(30,31)32/h4-11,18,21,36,41H,12-17H2,1-3H3/t21-,24+/m1/s1. The summed E-state index contributed by atoms with van der Waals surface area (Å²) in [6, 6.07) is 9.42. The van der Waals surface area contributed by atoms with Crippen LogP contribution in [0.25, 0.3) is 0 Å². The normalized spacial score (nSPS) is 19.2. The number of halogens is 6. The van der Waals surface area contributed by atoms with Gasteiger partial charge < -0.3 is 10.0 Å². The lowest BCUT2D eigenvalue weighted by Gasteiger charge is -2.44. The molecule has 0 aliphatic carbocycles. The Hall–Kier alpha value is -2.05. The van der Waals surface area contributed by atoms with Crippen LogP contribution >= 0.6 is 12.6 Å². The molecule has 242 valence electrons. The fourth-order valence-electron chi connectivity index (χ4n) is 4.74. The molecule has 1 N–H and O–H groups in total. The Morgan fingerprint density at radius 3 is 2.07 bits per heavy atom. The molecule has 1 heterocycles. The minimum absolute atomic E-state index is 0.0670. The fourth-order valence-corrected chi connectivity index (χ4v) is 8.32. The van der Waals surface area contributed by atoms with E-state index >= 15 is 0 Å². The molecule has 0 saturated carbocycles. The zero-order valence-electron chi connectivity index (χ0n) is 23.5. The van der Waals surface area contributed by atoms with Gasteiger partial charge in [0.05, 0.1) is 10.9 Å². The zero-order chi connectivity index (χ0) is 32.6. The number of thiol groups is 1. The van der Waals surface area contributed by atoms with Crippen LogP contribution < -0.4 is 4.90 Å². The summed E-state index contributed by atoms with van der Waals surface area (Å²) in [4.78, 5) is 1.58. The van der Waals surface area contributed by atoms with Gasteiger partial charge in [0.15, 0.2) is 11.4 Å². The molecule has 43 heavy (non-hydrogen) atoms. The summed E-state index contributed by atoms with van der Waals surface area (Å²) in [6.07, 6.45) is -10.0. The average molecular weight is 678 g/mol. The second kappa shape index (κ2) is 12.7. The van der Waals surface area contributed by atoms with E-state index in [9.17, 15) is 48.3 Å². The van der Waals surface area contributed by atoms with Gasteiger partial charge in [0.2, 0.25) is 20.0 Å². The SMILES string of the molecule is CC(C)CN(C[C@H]1CN(S(=O)(=O)c2ccccc2S)CCN1c1ccc([C@](C)(O)C(F)(F)F)cc1)S(=O)(=O)CC(F)(F)F. The second-order valence-corrected chi connectivity index (χ2v) is 15.2. The Balaban J connectivity index is 2.05. The Labute approximate surface area is 252 Å². The number of hydrogen-bond acceptors (Lipinski definition) is 7. The van der Waals surface area contributed by atoms with Gasteiger partial charge in [-0.2, -0.15) is 35.0 Å². The number of anilines is 1. The fraction of sp³-hybridized carbons (Fsp3) is 0.538. The van der Waals surface area contributed by atoms with Crippen LogP contribution in [0.4, 0.5) is 32.0 Å². The third kappa shape index (κ3) is 8.36. The first-order chi connectivity index (χ1) is 19.6. The van der Waals surface area contributed by atoms with Gasteiger partial charge >= 0.3 is 12.4 Å². The third-order valence-electron chi connectivity index (χ3n) is 6.96. The Bertz CT molecular complexity index is 1480. The van der Waals surface area contributed by atoms with Crippen LogP contribution in [0.1, 0.15) is 26.3 Å². The van der Waals surface area contributed by atoms with E-state index in [0.29, 0.717) is 11.2 Å². The van der Waals surface area contributed by atoms with Gasteiger partial charge in [0.25, 0.3) is 0 Å². The maximum atomic E-state index is 13.5. The second-order valence-electron chi connectivity index (χ2n) is 10.9. The van der Waals surface area contributed by atoms with Crippen molar-refractivity contribution in [3.63, 3.8) is 0 Å². The smallest absolute Gasteiger partial charge is 0.376 e. The summed E-state index contributed by atoms with van der Waals surface area (Å²) < 4.78 is 134. The quantitative estimate of drug-likeness (QED) is 0.285. The van der Waals surface area contributed by atoms with Crippen LogP contribution in [0.15, 0.2) is 58.3 Å². The molecule has 1 saturated heterocycles. The molecular formula is C26H33F6N3O5S3. The number of rotatable bonds is 10. The first-order valence-electron chi connectivity index (χ1n) is 13.1. The average Bonchev–Trinajstić information content (AvgIpc) is 2.86. The van der Waals surface area contributed by atoms with E-state index in [1.807, 2.05) is 0 Å². The maximum absolute atomic E-state index is 13.5. The van der Waals surface area contributed by atoms with Crippen LogP contribution in [0.2, 0.25) is 0 Å². The van der Waals surface area contributed by atoms with Crippen LogP contribution in [-0.4, -0.2) is 87.4 Å². The van der Waals surface area contributed by atoms with Crippen molar-refractivity contribution in [1.82, 2.24) is 8.61 Å². The molecule has 17 heteroatoms. The predicted octanol–water partition coefficient (Wildman–Crippen LogP) is 4.47. The van der Waals surface area contributed by atoms with Gasteiger partial charge in [-0.3, -0.25) is 0 Å². The van der Waals surface area contributed by atoms with E-state index in [0.717, 1.165) is 16.4 Å². The summed E-state index contributed by atoms with van der Waals surface area (Å²) in [5, 5.41) is 10.0. The lowest BCUT2D eigenvalue weighted by atomic mass is 9.95. The highest BCUT2D eigenvalue weighted by molar-refractivity contribution is 7.90. The number of sulfonamides is 2. The third-order valence-corrected chi connectivity index (χ3v) is 11.2. The monoisotopic (exact) mass is 677 g/mol. The van der Waals surface area contributed by atoms with Crippen LogP contribution in [0.3, 0.4) is 0 Å². The van der Waals surface area contributed by atoms with Gasteiger partial charge in [-0.25, -0.2) is 16.8 Å². The highest BCUT2D eigenvalue weighted by Gasteiger charge is 2.51. The topological polar surface area (TPSA) is 98.2 Å². The van der Waals surface area contributed by atoms with Crippen molar-refractivity contribution >= 4 is 38.4 Å². The van der Waals surface area contributed by atoms with E-state index in [-0.39, 0.29) is 47.6 Å². The van der Waals surface area contributed by atoms with Crippen LogP contribution in [0.5, 0.6) is 0 Å². The van der Waals surface area contributed by atoms with Crippen molar-refractivity contribution in [3.05, 3.63) is 54.1 Å². The van der Waals surface area contributed by atoms with Gasteiger partial charge in [-0.1, -0.05) is 38.1 Å². The number of piperazine rings is 1. The van der Waals surface area contributed by atoms with Crippen molar-refractivity contribution in [1.29, 1.82) is 0 Å². The van der Waals surface area contributed by atoms with Crippen molar-refractivity contribution in [3.8, 4) is 0 Å². The summed E-state index contributed by atoms with van der Waals surface area (Å²) in [6.45, 7) is 2.45. The molecule has 1 aliphatic heterocycles. The van der Waals surface area contributed by atoms with Crippen molar-refractivity contribution in [2.24, 2.45) is 5.92 Å². The molecule has 0 spiro atoms. The summed E-state index contributed by atoms with van der Waals surface area (Å²) in [5.41, 5.74) is -3.38. The van der Waals surface area contributed by atoms with E-state index in [1.54, 1.807) is 24.8 Å². The molecule has 1 fully saturated rings. The molecule has 0 amide bonds. The lowest BCUT2D eigenvalue weighted by molar-refractivity contribution is -0.258. The van der Waals surface area contributed by atoms with E-state index in [4.69, 9.17) is 0 Å². The minimum Gasteiger partial charge on any atom is -0.376 e. The molecule has 0 aromatic heterocycles. The number of nitrogens with zero attached hydrogens (tertiary/aromatic N) is 3. The molecule has 3 rings (SSSR count). The van der Waals surface area contributed by atoms with Gasteiger partial charge in [-0.05, 0) is 42.7 Å². The molecule has 0 radical (unpaired) electrons. The number of hydrogen-bond donors (Lipinski definition) is 2. The van der Waals surface area contributed by atoms with Crippen LogP contribution in [0, 0.1) is 5.92 Å². The molecule has 2 atom stereocenters. The first kappa shape index (κ1) is 35.4. The van der Waals surface area contributed by atoms with Crippen molar-refractivity contribution in [2.45, 2.75) is 54.6 Å². The summed E-state index contributed by atoms with van der Waals surface area (Å²) >= 11 is 4.22. The highest BCUT2D eigenvalue weighted by Crippen LogP contribution is 2.39. The van der Waals surface area contributed by atoms with Gasteiger partial charge in [-0.15, -0.1) is 12.6 Å². The minimum atomic E-state index is -5.03. The maximum Gasteiger partial charge on any atom is 0.421 e. The van der Waals surface area contributed by atoms with Gasteiger partial charge in [0, 0.05) is 43.3 Å². The number of alkyl halides is 6.